The lowest BCUT2D eigenvalue weighted by molar-refractivity contribution is -0.673. The van der Waals surface area contributed by atoms with Crippen molar-refractivity contribution >= 4 is 54.7 Å². The quantitative estimate of drug-likeness (QED) is 0.337. The van der Waals surface area contributed by atoms with Gasteiger partial charge >= 0.3 is 0 Å². The Morgan fingerprint density at radius 3 is 2.44 bits per heavy atom. The summed E-state index contributed by atoms with van der Waals surface area (Å²) in [6.07, 6.45) is 2.42. The van der Waals surface area contributed by atoms with Crippen LogP contribution in [0.2, 0.25) is 0 Å². The molecule has 11 heteroatoms. The highest BCUT2D eigenvalue weighted by atomic mass is 32.2. The van der Waals surface area contributed by atoms with Crippen molar-refractivity contribution in [2.24, 2.45) is 0 Å². The van der Waals surface area contributed by atoms with Crippen molar-refractivity contribution < 1.29 is 30.5 Å². The first kappa shape index (κ1) is 24.7. The van der Waals surface area contributed by atoms with Crippen LogP contribution in [0.15, 0.2) is 70.6 Å². The van der Waals surface area contributed by atoms with E-state index in [0.717, 1.165) is 32.2 Å². The van der Waals surface area contributed by atoms with Crippen LogP contribution in [0.4, 0.5) is 5.69 Å². The number of thioether (sulfide) groups is 1. The van der Waals surface area contributed by atoms with Crippen molar-refractivity contribution in [1.82, 2.24) is 0 Å². The Morgan fingerprint density at radius 2 is 1.68 bits per heavy atom. The SMILES string of the molecule is O=S(=O)([O-])CCC[n+]1c(/C=C2/Sc3ccccc3N2CCCS(=O)(=O)O)ccc2ccccc21. The standard InChI is InChI=1S/C23H24N2O6S3/c26-33(27,28)15-5-13-24-19(12-11-18-7-1-2-8-20(18)24)17-23-25(14-6-16-34(29,30)31)21-9-3-4-10-22(21)32-23/h1-4,7-12,17H,5-6,13-16H2,(H-,26,27,28,29,30,31). The first-order chi connectivity index (χ1) is 16.1. The number of aromatic nitrogens is 1. The maximum atomic E-state index is 11.2. The Hall–Kier alpha value is -2.44. The van der Waals surface area contributed by atoms with E-state index in [1.807, 2.05) is 76.2 Å². The first-order valence-corrected chi connectivity index (χ1v) is 14.7. The average molecular weight is 521 g/mol. The summed E-state index contributed by atoms with van der Waals surface area (Å²) in [6, 6.07) is 19.5. The largest absolute Gasteiger partial charge is 0.748 e. The number of hydrogen-bond donors (Lipinski definition) is 1. The van der Waals surface area contributed by atoms with Crippen LogP contribution in [0.3, 0.4) is 0 Å². The minimum Gasteiger partial charge on any atom is -0.748 e. The molecule has 2 aromatic carbocycles. The van der Waals surface area contributed by atoms with Crippen LogP contribution in [-0.2, 0) is 26.8 Å². The van der Waals surface area contributed by atoms with Crippen LogP contribution >= 0.6 is 11.8 Å². The molecule has 0 fully saturated rings. The summed E-state index contributed by atoms with van der Waals surface area (Å²) in [5.41, 5.74) is 2.70. The van der Waals surface area contributed by atoms with E-state index in [-0.39, 0.29) is 18.6 Å². The van der Waals surface area contributed by atoms with E-state index in [9.17, 15) is 21.4 Å². The van der Waals surface area contributed by atoms with Crippen LogP contribution in [0.1, 0.15) is 18.5 Å². The summed E-state index contributed by atoms with van der Waals surface area (Å²) < 4.78 is 67.0. The fourth-order valence-electron chi connectivity index (χ4n) is 3.98. The van der Waals surface area contributed by atoms with Gasteiger partial charge in [-0.25, -0.2) is 8.42 Å². The number of nitrogens with zero attached hydrogens (tertiary/aromatic N) is 2. The van der Waals surface area contributed by atoms with Gasteiger partial charge in [-0.3, -0.25) is 4.55 Å². The number of para-hydroxylation sites is 2. The van der Waals surface area contributed by atoms with Crippen LogP contribution in [0.5, 0.6) is 0 Å². The minimum absolute atomic E-state index is 0.187. The van der Waals surface area contributed by atoms with Gasteiger partial charge in [0.15, 0.2) is 6.54 Å². The van der Waals surface area contributed by atoms with Gasteiger partial charge in [-0.1, -0.05) is 36.0 Å². The molecule has 0 atom stereocenters. The van der Waals surface area contributed by atoms with Crippen molar-refractivity contribution in [3.8, 4) is 0 Å². The summed E-state index contributed by atoms with van der Waals surface area (Å²) in [5.74, 6) is -0.773. The highest BCUT2D eigenvalue weighted by Gasteiger charge is 2.26. The second-order valence-electron chi connectivity index (χ2n) is 7.93. The molecule has 3 aromatic rings. The van der Waals surface area contributed by atoms with Gasteiger partial charge in [0.05, 0.1) is 26.6 Å². The van der Waals surface area contributed by atoms with E-state index in [4.69, 9.17) is 4.55 Å². The molecule has 1 aliphatic rings. The molecular weight excluding hydrogens is 496 g/mol. The second kappa shape index (κ2) is 10.0. The fourth-order valence-corrected chi connectivity index (χ4v) is 6.09. The summed E-state index contributed by atoms with van der Waals surface area (Å²) >= 11 is 1.56. The molecule has 8 nitrogen and oxygen atoms in total. The number of rotatable bonds is 9. The molecule has 1 aliphatic heterocycles. The van der Waals surface area contributed by atoms with Gasteiger partial charge in [0.1, 0.15) is 0 Å². The van der Waals surface area contributed by atoms with Gasteiger partial charge in [-0.15, -0.1) is 0 Å². The molecule has 0 saturated carbocycles. The Morgan fingerprint density at radius 1 is 0.941 bits per heavy atom. The maximum Gasteiger partial charge on any atom is 0.264 e. The zero-order valence-corrected chi connectivity index (χ0v) is 20.7. The van der Waals surface area contributed by atoms with Crippen molar-refractivity contribution in [1.29, 1.82) is 0 Å². The second-order valence-corrected chi connectivity index (χ2v) is 12.1. The third-order valence-corrected chi connectivity index (χ3v) is 8.15. The summed E-state index contributed by atoms with van der Waals surface area (Å²) in [7, 11) is -8.37. The number of fused-ring (bicyclic) bond motifs is 2. The molecular formula is C23H24N2O6S3. The third kappa shape index (κ3) is 6.16. The lowest BCUT2D eigenvalue weighted by Crippen LogP contribution is -2.39. The van der Waals surface area contributed by atoms with Gasteiger partial charge in [-0.05, 0) is 30.7 Å². The maximum absolute atomic E-state index is 11.2. The fraction of sp³-hybridized carbons (Fsp3) is 0.261. The molecule has 1 N–H and O–H groups in total. The molecule has 0 amide bonds. The van der Waals surface area contributed by atoms with E-state index >= 15 is 0 Å². The van der Waals surface area contributed by atoms with E-state index in [2.05, 4.69) is 0 Å². The third-order valence-electron chi connectivity index (χ3n) is 5.44. The predicted octanol–water partition coefficient (Wildman–Crippen LogP) is 3.25. The van der Waals surface area contributed by atoms with Crippen molar-refractivity contribution in [2.45, 2.75) is 24.3 Å². The smallest absolute Gasteiger partial charge is 0.264 e. The van der Waals surface area contributed by atoms with Crippen LogP contribution in [-0.4, -0.2) is 44.0 Å². The molecule has 4 rings (SSSR count). The molecule has 1 aromatic heterocycles. The Bertz CT molecular complexity index is 1450. The van der Waals surface area contributed by atoms with Crippen molar-refractivity contribution in [3.05, 3.63) is 71.4 Å². The molecule has 0 bridgehead atoms. The highest BCUT2D eigenvalue weighted by molar-refractivity contribution is 8.03. The molecule has 0 saturated heterocycles. The van der Waals surface area contributed by atoms with E-state index in [0.29, 0.717) is 13.1 Å². The van der Waals surface area contributed by atoms with Gasteiger partial charge in [0, 0.05) is 47.2 Å². The number of pyridine rings is 1. The van der Waals surface area contributed by atoms with Crippen LogP contribution < -0.4 is 9.47 Å². The van der Waals surface area contributed by atoms with Gasteiger partial charge in [0.25, 0.3) is 10.1 Å². The number of anilines is 1. The first-order valence-electron chi connectivity index (χ1n) is 10.7. The topological polar surface area (TPSA) is 119 Å². The lowest BCUT2D eigenvalue weighted by atomic mass is 10.1. The Labute approximate surface area is 203 Å². The van der Waals surface area contributed by atoms with Crippen molar-refractivity contribution in [3.63, 3.8) is 0 Å². The Kier molecular flexibility index (Phi) is 7.29. The molecule has 0 aliphatic carbocycles. The monoisotopic (exact) mass is 520 g/mol. The van der Waals surface area contributed by atoms with Gasteiger partial charge in [0.2, 0.25) is 11.2 Å². The number of benzene rings is 2. The zero-order valence-electron chi connectivity index (χ0n) is 18.2. The Balaban J connectivity index is 1.71. The van der Waals surface area contributed by atoms with Gasteiger partial charge in [-0.2, -0.15) is 13.0 Å². The lowest BCUT2D eigenvalue weighted by Gasteiger charge is -2.20. The zero-order chi connectivity index (χ0) is 24.3. The van der Waals surface area contributed by atoms with Crippen molar-refractivity contribution in [2.75, 3.05) is 23.0 Å². The summed E-state index contributed by atoms with van der Waals surface area (Å²) in [6.45, 7) is 0.750. The molecule has 0 radical (unpaired) electrons. The molecule has 0 unspecified atom stereocenters. The number of hydrogen-bond acceptors (Lipinski definition) is 7. The van der Waals surface area contributed by atoms with E-state index in [1.165, 1.54) is 0 Å². The van der Waals surface area contributed by atoms with Crippen LogP contribution in [0, 0.1) is 0 Å². The molecule has 0 spiro atoms. The summed E-state index contributed by atoms with van der Waals surface area (Å²) in [5, 5.41) is 1.87. The number of aryl methyl sites for hydroxylation is 1. The molecule has 34 heavy (non-hydrogen) atoms. The van der Waals surface area contributed by atoms with Gasteiger partial charge < -0.3 is 9.45 Å². The average Bonchev–Trinajstić information content (AvgIpc) is 3.10. The van der Waals surface area contributed by atoms with E-state index in [1.54, 1.807) is 11.8 Å². The van der Waals surface area contributed by atoms with E-state index < -0.39 is 26.0 Å². The molecule has 180 valence electrons. The minimum atomic E-state index is -4.31. The van der Waals surface area contributed by atoms with Crippen LogP contribution in [0.25, 0.3) is 17.0 Å². The normalized spacial score (nSPS) is 15.2. The highest BCUT2D eigenvalue weighted by Crippen LogP contribution is 2.46. The summed E-state index contributed by atoms with van der Waals surface area (Å²) in [4.78, 5) is 3.05. The predicted molar refractivity (Wildman–Crippen MR) is 132 cm³/mol. The molecule has 2 heterocycles.